The number of carbonyl (C=O) groups is 3. The molecule has 0 saturated carbocycles. The molecule has 0 spiro atoms. The van der Waals surface area contributed by atoms with Gasteiger partial charge in [-0.2, -0.15) is 0 Å². The van der Waals surface area contributed by atoms with Gasteiger partial charge in [-0.15, -0.1) is 11.8 Å². The molecule has 6 nitrogen and oxygen atoms in total. The zero-order valence-corrected chi connectivity index (χ0v) is 23.6. The molecule has 0 aliphatic heterocycles. The van der Waals surface area contributed by atoms with E-state index in [-0.39, 0.29) is 17.4 Å². The number of halogens is 2. The normalized spacial score (nSPS) is 11.0. The van der Waals surface area contributed by atoms with Gasteiger partial charge in [-0.05, 0) is 66.2 Å². The Kier molecular flexibility index (Phi) is 9.97. The van der Waals surface area contributed by atoms with Crippen molar-refractivity contribution in [1.82, 2.24) is 5.32 Å². The molecule has 3 amide bonds. The van der Waals surface area contributed by atoms with E-state index in [2.05, 4.69) is 31.9 Å². The second-order valence-corrected chi connectivity index (χ2v) is 10.6. The first kappa shape index (κ1) is 28.2. The lowest BCUT2D eigenvalue weighted by Gasteiger charge is -2.12. The van der Waals surface area contributed by atoms with Crippen LogP contribution in [0.25, 0.3) is 6.08 Å². The third kappa shape index (κ3) is 8.58. The maximum atomic E-state index is 13.3. The van der Waals surface area contributed by atoms with Crippen molar-refractivity contribution in [3.63, 3.8) is 0 Å². The molecular weight excluding hydrogens is 598 g/mol. The van der Waals surface area contributed by atoms with E-state index in [0.29, 0.717) is 22.0 Å². The van der Waals surface area contributed by atoms with Gasteiger partial charge in [0.2, 0.25) is 5.91 Å². The molecule has 3 N–H and O–H groups in total. The van der Waals surface area contributed by atoms with E-state index in [4.69, 9.17) is 11.6 Å². The zero-order valence-electron chi connectivity index (χ0n) is 20.5. The van der Waals surface area contributed by atoms with Crippen LogP contribution in [0.5, 0.6) is 0 Å². The van der Waals surface area contributed by atoms with E-state index in [9.17, 15) is 14.4 Å². The topological polar surface area (TPSA) is 87.3 Å². The highest BCUT2D eigenvalue weighted by Gasteiger charge is 2.16. The lowest BCUT2D eigenvalue weighted by atomic mass is 10.1. The van der Waals surface area contributed by atoms with E-state index >= 15 is 0 Å². The molecule has 0 aliphatic rings. The summed E-state index contributed by atoms with van der Waals surface area (Å²) in [6.45, 7) is 0. The Morgan fingerprint density at radius 2 is 1.56 bits per heavy atom. The van der Waals surface area contributed by atoms with Crippen molar-refractivity contribution in [2.24, 2.45) is 0 Å². The van der Waals surface area contributed by atoms with Gasteiger partial charge in [-0.25, -0.2) is 0 Å². The third-order valence-electron chi connectivity index (χ3n) is 5.30. The maximum Gasteiger partial charge on any atom is 0.272 e. The monoisotopic (exact) mass is 619 g/mol. The van der Waals surface area contributed by atoms with Gasteiger partial charge < -0.3 is 16.0 Å². The number of hydrogen-bond donors (Lipinski definition) is 3. The second-order valence-electron chi connectivity index (χ2n) is 8.23. The number of nitrogens with one attached hydrogen (secondary N) is 3. The van der Waals surface area contributed by atoms with Gasteiger partial charge in [-0.3, -0.25) is 14.4 Å². The van der Waals surface area contributed by atoms with Gasteiger partial charge in [0.1, 0.15) is 5.70 Å². The summed E-state index contributed by atoms with van der Waals surface area (Å²) in [6, 6.07) is 30.2. The minimum Gasteiger partial charge on any atom is -0.324 e. The fraction of sp³-hybridized carbons (Fsp3) is 0.0333. The van der Waals surface area contributed by atoms with Crippen LogP contribution >= 0.6 is 39.3 Å². The number of hydrogen-bond acceptors (Lipinski definition) is 4. The average Bonchev–Trinajstić information content (AvgIpc) is 2.93. The molecule has 0 saturated heterocycles. The average molecular weight is 621 g/mol. The number of anilines is 2. The lowest BCUT2D eigenvalue weighted by Crippen LogP contribution is -2.30. The Balaban J connectivity index is 1.46. The smallest absolute Gasteiger partial charge is 0.272 e. The van der Waals surface area contributed by atoms with E-state index in [1.807, 2.05) is 36.4 Å². The summed E-state index contributed by atoms with van der Waals surface area (Å²) in [5.41, 5.74) is 2.31. The predicted molar refractivity (Wildman–Crippen MR) is 162 cm³/mol. The highest BCUT2D eigenvalue weighted by atomic mass is 79.9. The van der Waals surface area contributed by atoms with Crippen LogP contribution in [0.15, 0.2) is 118 Å². The Hall–Kier alpha value is -3.85. The lowest BCUT2D eigenvalue weighted by molar-refractivity contribution is -0.114. The van der Waals surface area contributed by atoms with E-state index in [1.165, 1.54) is 11.8 Å². The molecule has 196 valence electrons. The first-order valence-corrected chi connectivity index (χ1v) is 14.0. The fourth-order valence-electron chi connectivity index (χ4n) is 3.47. The summed E-state index contributed by atoms with van der Waals surface area (Å²) < 4.78 is 0.841. The van der Waals surface area contributed by atoms with Gasteiger partial charge in [0.15, 0.2) is 0 Å². The van der Waals surface area contributed by atoms with E-state index in [1.54, 1.807) is 72.8 Å². The van der Waals surface area contributed by atoms with Crippen LogP contribution in [-0.4, -0.2) is 23.5 Å². The number of thioether (sulfide) groups is 1. The standard InChI is InChI=1S/C30H23BrClN3O3S/c31-22-11-6-8-20(16-22)17-27(35-29(37)21-9-2-1-3-10-21)30(38)33-23-12-7-13-24(18-23)39-19-28(36)34-26-15-5-4-14-25(26)32/h1-18H,19H2,(H,33,38)(H,34,36)(H,35,37)/b27-17+. The van der Waals surface area contributed by atoms with Gasteiger partial charge in [0.25, 0.3) is 11.8 Å². The molecule has 0 bridgehead atoms. The summed E-state index contributed by atoms with van der Waals surface area (Å²) in [5.74, 6) is -0.937. The highest BCUT2D eigenvalue weighted by molar-refractivity contribution is 9.10. The molecule has 9 heteroatoms. The fourth-order valence-corrected chi connectivity index (χ4v) is 4.82. The summed E-state index contributed by atoms with van der Waals surface area (Å²) >= 11 is 10.9. The van der Waals surface area contributed by atoms with Crippen LogP contribution in [0.2, 0.25) is 5.02 Å². The maximum absolute atomic E-state index is 13.3. The van der Waals surface area contributed by atoms with Crippen LogP contribution in [0.1, 0.15) is 15.9 Å². The van der Waals surface area contributed by atoms with Crippen molar-refractivity contribution in [3.8, 4) is 0 Å². The molecule has 0 unspecified atom stereocenters. The third-order valence-corrected chi connectivity index (χ3v) is 7.11. The number of carbonyl (C=O) groups excluding carboxylic acids is 3. The molecule has 0 atom stereocenters. The van der Waals surface area contributed by atoms with Crippen LogP contribution in [0.4, 0.5) is 11.4 Å². The minimum atomic E-state index is -0.488. The highest BCUT2D eigenvalue weighted by Crippen LogP contribution is 2.24. The molecular formula is C30H23BrClN3O3S. The number of benzene rings is 4. The first-order chi connectivity index (χ1) is 18.9. The second kappa shape index (κ2) is 13.8. The van der Waals surface area contributed by atoms with Crippen LogP contribution in [-0.2, 0) is 9.59 Å². The van der Waals surface area contributed by atoms with Crippen molar-refractivity contribution in [2.45, 2.75) is 4.90 Å². The van der Waals surface area contributed by atoms with Gasteiger partial charge in [0.05, 0.1) is 16.5 Å². The predicted octanol–water partition coefficient (Wildman–Crippen LogP) is 7.24. The van der Waals surface area contributed by atoms with Crippen LogP contribution in [0, 0.1) is 0 Å². The van der Waals surface area contributed by atoms with Crippen molar-refractivity contribution in [2.75, 3.05) is 16.4 Å². The van der Waals surface area contributed by atoms with Gasteiger partial charge in [0, 0.05) is 20.6 Å². The zero-order chi connectivity index (χ0) is 27.6. The van der Waals surface area contributed by atoms with Crippen molar-refractivity contribution in [1.29, 1.82) is 0 Å². The number of amides is 3. The summed E-state index contributed by atoms with van der Waals surface area (Å²) in [5, 5.41) is 8.83. The molecule has 0 aliphatic carbocycles. The number of rotatable bonds is 9. The van der Waals surface area contributed by atoms with Crippen molar-refractivity contribution < 1.29 is 14.4 Å². The van der Waals surface area contributed by atoms with Gasteiger partial charge >= 0.3 is 0 Å². The first-order valence-electron chi connectivity index (χ1n) is 11.8. The largest absolute Gasteiger partial charge is 0.324 e. The van der Waals surface area contributed by atoms with Crippen molar-refractivity contribution >= 4 is 74.5 Å². The minimum absolute atomic E-state index is 0.0825. The van der Waals surface area contributed by atoms with Crippen molar-refractivity contribution in [3.05, 3.63) is 129 Å². The molecule has 0 aromatic heterocycles. The summed E-state index contributed by atoms with van der Waals surface area (Å²) in [4.78, 5) is 39.3. The van der Waals surface area contributed by atoms with E-state index in [0.717, 1.165) is 14.9 Å². The molecule has 0 radical (unpaired) electrons. The Morgan fingerprint density at radius 3 is 2.33 bits per heavy atom. The Labute approximate surface area is 244 Å². The number of para-hydroxylation sites is 1. The SMILES string of the molecule is O=C(CSc1cccc(NC(=O)/C(=C\c2cccc(Br)c2)NC(=O)c2ccccc2)c1)Nc1ccccc1Cl. The molecule has 4 aromatic carbocycles. The molecule has 0 heterocycles. The van der Waals surface area contributed by atoms with E-state index < -0.39 is 11.8 Å². The summed E-state index contributed by atoms with van der Waals surface area (Å²) in [7, 11) is 0. The molecule has 39 heavy (non-hydrogen) atoms. The molecule has 4 aromatic rings. The van der Waals surface area contributed by atoms with Gasteiger partial charge in [-0.1, -0.05) is 76.1 Å². The Bertz CT molecular complexity index is 1530. The van der Waals surface area contributed by atoms with Crippen LogP contribution < -0.4 is 16.0 Å². The molecule has 0 fully saturated rings. The quantitative estimate of drug-likeness (QED) is 0.136. The Morgan fingerprint density at radius 1 is 0.821 bits per heavy atom. The summed E-state index contributed by atoms with van der Waals surface area (Å²) in [6.07, 6.45) is 1.61. The molecule has 4 rings (SSSR count). The van der Waals surface area contributed by atoms with Crippen LogP contribution in [0.3, 0.4) is 0 Å².